The molecule has 26 heavy (non-hydrogen) atoms. The Bertz CT molecular complexity index is 802. The van der Waals surface area contributed by atoms with E-state index in [-0.39, 0.29) is 11.6 Å². The van der Waals surface area contributed by atoms with Crippen LogP contribution < -0.4 is 0 Å². The van der Waals surface area contributed by atoms with Gasteiger partial charge in [0.2, 0.25) is 0 Å². The minimum atomic E-state index is -0.312. The van der Waals surface area contributed by atoms with E-state index in [9.17, 15) is 14.3 Å². The summed E-state index contributed by atoms with van der Waals surface area (Å²) < 4.78 is 13.0. The summed E-state index contributed by atoms with van der Waals surface area (Å²) in [6.45, 7) is 1.97. The van der Waals surface area contributed by atoms with Crippen molar-refractivity contribution in [3.8, 4) is 5.75 Å². The Hall–Kier alpha value is -2.20. The smallest absolute Gasteiger partial charge is 0.162 e. The molecule has 2 aromatic rings. The van der Waals surface area contributed by atoms with Crippen LogP contribution in [0, 0.1) is 5.82 Å². The molecular formula is C22H24FNO2. The monoisotopic (exact) mass is 353 g/mol. The number of fused-ring (bicyclic) bond motifs is 3. The number of aromatic hydroxyl groups is 1. The molecule has 2 aliphatic rings. The molecule has 136 valence electrons. The molecule has 0 saturated carbocycles. The second kappa shape index (κ2) is 7.20. The number of likely N-dealkylation sites (tertiary alicyclic amines) is 1. The molecule has 1 aliphatic carbocycles. The number of carbonyl (C=O) groups is 1. The average Bonchev–Trinajstić information content (AvgIpc) is 3.06. The third-order valence-electron chi connectivity index (χ3n) is 5.95. The molecule has 0 radical (unpaired) electrons. The van der Waals surface area contributed by atoms with Gasteiger partial charge >= 0.3 is 0 Å². The largest absolute Gasteiger partial charge is 0.508 e. The highest BCUT2D eigenvalue weighted by Gasteiger charge is 2.38. The normalized spacial score (nSPS) is 22.0. The van der Waals surface area contributed by atoms with Crippen LogP contribution in [-0.2, 0) is 6.42 Å². The molecule has 1 heterocycles. The van der Waals surface area contributed by atoms with Crippen molar-refractivity contribution in [2.45, 2.75) is 44.1 Å². The van der Waals surface area contributed by atoms with Crippen LogP contribution in [0.25, 0.3) is 0 Å². The molecule has 4 rings (SSSR count). The lowest BCUT2D eigenvalue weighted by Gasteiger charge is -2.33. The van der Waals surface area contributed by atoms with Crippen molar-refractivity contribution in [1.82, 2.24) is 4.90 Å². The van der Waals surface area contributed by atoms with E-state index in [4.69, 9.17) is 0 Å². The van der Waals surface area contributed by atoms with Crippen LogP contribution in [0.2, 0.25) is 0 Å². The Morgan fingerprint density at radius 3 is 2.77 bits per heavy atom. The minimum absolute atomic E-state index is 0.0830. The van der Waals surface area contributed by atoms with Gasteiger partial charge in [-0.05, 0) is 80.2 Å². The van der Waals surface area contributed by atoms with Crippen molar-refractivity contribution in [3.63, 3.8) is 0 Å². The molecule has 0 amide bonds. The average molecular weight is 353 g/mol. The van der Waals surface area contributed by atoms with Gasteiger partial charge in [0.05, 0.1) is 0 Å². The first-order valence-corrected chi connectivity index (χ1v) is 9.47. The van der Waals surface area contributed by atoms with Crippen molar-refractivity contribution >= 4 is 5.78 Å². The van der Waals surface area contributed by atoms with Crippen LogP contribution >= 0.6 is 0 Å². The summed E-state index contributed by atoms with van der Waals surface area (Å²) in [6, 6.07) is 12.2. The number of hydrogen-bond acceptors (Lipinski definition) is 3. The van der Waals surface area contributed by atoms with Gasteiger partial charge in [0.1, 0.15) is 11.6 Å². The van der Waals surface area contributed by atoms with Gasteiger partial charge in [-0.2, -0.15) is 0 Å². The van der Waals surface area contributed by atoms with Crippen LogP contribution in [0.3, 0.4) is 0 Å². The lowest BCUT2D eigenvalue weighted by Crippen LogP contribution is -2.35. The highest BCUT2D eigenvalue weighted by atomic mass is 19.1. The first-order chi connectivity index (χ1) is 12.6. The maximum absolute atomic E-state index is 13.0. The lowest BCUT2D eigenvalue weighted by molar-refractivity contribution is 0.0972. The van der Waals surface area contributed by atoms with Crippen LogP contribution in [0.5, 0.6) is 5.75 Å². The molecule has 1 fully saturated rings. The van der Waals surface area contributed by atoms with Crippen molar-refractivity contribution < 1.29 is 14.3 Å². The topological polar surface area (TPSA) is 40.5 Å². The van der Waals surface area contributed by atoms with Crippen LogP contribution in [0.1, 0.15) is 53.1 Å². The summed E-state index contributed by atoms with van der Waals surface area (Å²) in [5, 5.41) is 10.1. The predicted molar refractivity (Wildman–Crippen MR) is 99.1 cm³/mol. The number of nitrogens with zero attached hydrogens (tertiary/aromatic N) is 1. The quantitative estimate of drug-likeness (QED) is 0.815. The van der Waals surface area contributed by atoms with E-state index in [1.165, 1.54) is 17.7 Å². The van der Waals surface area contributed by atoms with Crippen molar-refractivity contribution in [1.29, 1.82) is 0 Å². The molecule has 1 saturated heterocycles. The molecule has 0 spiro atoms. The van der Waals surface area contributed by atoms with Crippen molar-refractivity contribution in [3.05, 3.63) is 65.0 Å². The zero-order valence-corrected chi connectivity index (χ0v) is 14.8. The molecule has 2 atom stereocenters. The molecule has 2 aromatic carbocycles. The third-order valence-corrected chi connectivity index (χ3v) is 5.95. The van der Waals surface area contributed by atoms with Gasteiger partial charge in [0.15, 0.2) is 5.78 Å². The number of carbonyl (C=O) groups excluding carboxylic acids is 1. The first-order valence-electron chi connectivity index (χ1n) is 9.47. The van der Waals surface area contributed by atoms with E-state index in [0.29, 0.717) is 29.7 Å². The van der Waals surface area contributed by atoms with Crippen LogP contribution in [0.15, 0.2) is 42.5 Å². The van der Waals surface area contributed by atoms with E-state index in [2.05, 4.69) is 11.0 Å². The maximum atomic E-state index is 13.0. The number of ketones is 1. The standard InChI is InChI=1S/C22H24FNO2/c23-16-8-6-15(7-9-16)21(25)5-2-13-24-14-12-18-17-3-1-4-22(26)19(17)10-11-20(18)24/h1,3-4,6-9,18,20,26H,2,5,10-14H2/t18-,20+/m0/s1. The van der Waals surface area contributed by atoms with E-state index in [1.54, 1.807) is 18.2 Å². The number of Topliss-reactive ketones (excluding diaryl/α,β-unsaturated/α-hetero) is 1. The summed E-state index contributed by atoms with van der Waals surface area (Å²) >= 11 is 0. The SMILES string of the molecule is O=C(CCCN1CC[C@H]2c3cccc(O)c3CC[C@H]21)c1ccc(F)cc1. The summed E-state index contributed by atoms with van der Waals surface area (Å²) in [5.41, 5.74) is 3.03. The van der Waals surface area contributed by atoms with Crippen molar-refractivity contribution in [2.24, 2.45) is 0 Å². The number of hydrogen-bond donors (Lipinski definition) is 1. The summed E-state index contributed by atoms with van der Waals surface area (Å²) in [7, 11) is 0. The molecule has 3 nitrogen and oxygen atoms in total. The predicted octanol–water partition coefficient (Wildman–Crippen LogP) is 4.30. The molecule has 1 aliphatic heterocycles. The minimum Gasteiger partial charge on any atom is -0.508 e. The van der Waals surface area contributed by atoms with Gasteiger partial charge in [-0.15, -0.1) is 0 Å². The zero-order chi connectivity index (χ0) is 18.1. The summed E-state index contributed by atoms with van der Waals surface area (Å²) in [4.78, 5) is 14.8. The van der Waals surface area contributed by atoms with E-state index < -0.39 is 0 Å². The molecule has 0 aromatic heterocycles. The van der Waals surface area contributed by atoms with Crippen molar-refractivity contribution in [2.75, 3.05) is 13.1 Å². The number of halogens is 1. The molecule has 1 N–H and O–H groups in total. The number of phenolic OH excluding ortho intramolecular Hbond substituents is 1. The molecular weight excluding hydrogens is 329 g/mol. The Morgan fingerprint density at radius 1 is 1.15 bits per heavy atom. The van der Waals surface area contributed by atoms with E-state index in [0.717, 1.165) is 44.3 Å². The highest BCUT2D eigenvalue weighted by Crippen LogP contribution is 2.43. The maximum Gasteiger partial charge on any atom is 0.162 e. The zero-order valence-electron chi connectivity index (χ0n) is 14.8. The number of phenols is 1. The van der Waals surface area contributed by atoms with Gasteiger partial charge in [-0.3, -0.25) is 9.69 Å². The second-order valence-corrected chi connectivity index (χ2v) is 7.42. The number of rotatable bonds is 5. The van der Waals surface area contributed by atoms with Gasteiger partial charge in [-0.25, -0.2) is 4.39 Å². The van der Waals surface area contributed by atoms with Gasteiger partial charge < -0.3 is 5.11 Å². The lowest BCUT2D eigenvalue weighted by atomic mass is 9.79. The third kappa shape index (κ3) is 3.26. The second-order valence-electron chi connectivity index (χ2n) is 7.42. The number of benzene rings is 2. The molecule has 4 heteroatoms. The van der Waals surface area contributed by atoms with Gasteiger partial charge in [-0.1, -0.05) is 12.1 Å². The van der Waals surface area contributed by atoms with Crippen LogP contribution in [-0.4, -0.2) is 34.9 Å². The summed E-state index contributed by atoms with van der Waals surface area (Å²) in [5.74, 6) is 0.705. The van der Waals surface area contributed by atoms with E-state index in [1.807, 2.05) is 6.07 Å². The fourth-order valence-corrected chi connectivity index (χ4v) is 4.67. The molecule has 0 bridgehead atoms. The van der Waals surface area contributed by atoms with Gasteiger partial charge in [0.25, 0.3) is 0 Å². The first kappa shape index (κ1) is 17.2. The Balaban J connectivity index is 1.34. The highest BCUT2D eigenvalue weighted by molar-refractivity contribution is 5.95. The van der Waals surface area contributed by atoms with Gasteiger partial charge in [0, 0.05) is 23.9 Å². The molecule has 0 unspecified atom stereocenters. The fraction of sp³-hybridized carbons (Fsp3) is 0.409. The Labute approximate surface area is 153 Å². The Kier molecular flexibility index (Phi) is 4.77. The van der Waals surface area contributed by atoms with E-state index >= 15 is 0 Å². The fourth-order valence-electron chi connectivity index (χ4n) is 4.67. The van der Waals surface area contributed by atoms with Crippen LogP contribution in [0.4, 0.5) is 4.39 Å². The summed E-state index contributed by atoms with van der Waals surface area (Å²) in [6.07, 6.45) is 4.44. The Morgan fingerprint density at radius 2 is 1.96 bits per heavy atom.